The minimum atomic E-state index is 0.109. The number of carbonyl (C=O) groups excluding carboxylic acids is 1. The van der Waals surface area contributed by atoms with E-state index >= 15 is 0 Å². The van der Waals surface area contributed by atoms with Crippen LogP contribution in [0.4, 0.5) is 0 Å². The van der Waals surface area contributed by atoms with Crippen LogP contribution < -0.4 is 9.47 Å². The van der Waals surface area contributed by atoms with Gasteiger partial charge in [-0.3, -0.25) is 4.79 Å². The second-order valence-corrected chi connectivity index (χ2v) is 8.11. The first-order chi connectivity index (χ1) is 16.1. The molecule has 1 aliphatic heterocycles. The lowest BCUT2D eigenvalue weighted by molar-refractivity contribution is -0.127. The van der Waals surface area contributed by atoms with Crippen molar-refractivity contribution in [1.29, 1.82) is 0 Å². The van der Waals surface area contributed by atoms with Gasteiger partial charge in [0.15, 0.2) is 0 Å². The highest BCUT2D eigenvalue weighted by Gasteiger charge is 2.27. The monoisotopic (exact) mass is 440 g/mol. The summed E-state index contributed by atoms with van der Waals surface area (Å²) in [6.07, 6.45) is 6.01. The summed E-state index contributed by atoms with van der Waals surface area (Å²) in [5.74, 6) is 2.20. The van der Waals surface area contributed by atoms with E-state index in [0.717, 1.165) is 40.6 Å². The van der Waals surface area contributed by atoms with Crippen LogP contribution in [0.5, 0.6) is 17.4 Å². The number of carbonyl (C=O) groups is 1. The number of fused-ring (bicyclic) bond motifs is 1. The minimum Gasteiger partial charge on any atom is -0.496 e. The van der Waals surface area contributed by atoms with Crippen molar-refractivity contribution in [3.05, 3.63) is 72.8 Å². The normalized spacial score (nSPS) is 15.6. The number of amides is 1. The summed E-state index contributed by atoms with van der Waals surface area (Å²) in [4.78, 5) is 26.8. The SMILES string of the molecule is COc1cc(Oc2ccccn2)ccc1-c1cc(C2CCN(C(C)=O)C2)c2ncncc2c1. The van der Waals surface area contributed by atoms with Gasteiger partial charge in [0.1, 0.15) is 17.8 Å². The standard InChI is InChI=1S/C26H24N4O3/c1-17(31)30-10-8-18(15-30)23-12-19(11-20-14-27-16-29-26(20)23)22-7-6-21(13-24(22)32-2)33-25-5-3-4-9-28-25/h3-7,9,11-14,16,18H,8,10,15H2,1-2H3. The Labute approximate surface area is 192 Å². The molecule has 0 saturated carbocycles. The first kappa shape index (κ1) is 20.9. The van der Waals surface area contributed by atoms with Crippen molar-refractivity contribution < 1.29 is 14.3 Å². The molecule has 5 rings (SSSR count). The van der Waals surface area contributed by atoms with Crippen LogP contribution >= 0.6 is 0 Å². The highest BCUT2D eigenvalue weighted by atomic mass is 16.5. The zero-order valence-electron chi connectivity index (χ0n) is 18.6. The summed E-state index contributed by atoms with van der Waals surface area (Å²) in [6.45, 7) is 3.09. The summed E-state index contributed by atoms with van der Waals surface area (Å²) in [5.41, 5.74) is 4.01. The molecule has 1 atom stereocenters. The van der Waals surface area contributed by atoms with Crippen LogP contribution in [0.3, 0.4) is 0 Å². The molecule has 0 aliphatic carbocycles. The predicted molar refractivity (Wildman–Crippen MR) is 125 cm³/mol. The van der Waals surface area contributed by atoms with Crippen LogP contribution in [0.25, 0.3) is 22.0 Å². The van der Waals surface area contributed by atoms with E-state index in [1.165, 1.54) is 0 Å². The first-order valence-electron chi connectivity index (χ1n) is 10.9. The molecule has 7 heteroatoms. The Kier molecular flexibility index (Phi) is 5.60. The average molecular weight is 441 g/mol. The Morgan fingerprint density at radius 2 is 2.03 bits per heavy atom. The van der Waals surface area contributed by atoms with E-state index in [4.69, 9.17) is 9.47 Å². The number of benzene rings is 2. The minimum absolute atomic E-state index is 0.109. The molecule has 1 aliphatic rings. The van der Waals surface area contributed by atoms with Gasteiger partial charge in [0.2, 0.25) is 11.8 Å². The second kappa shape index (κ2) is 8.86. The van der Waals surface area contributed by atoms with Crippen LogP contribution in [0.1, 0.15) is 24.8 Å². The third-order valence-electron chi connectivity index (χ3n) is 6.05. The summed E-state index contributed by atoms with van der Waals surface area (Å²) in [6, 6.07) is 15.5. The molecular weight excluding hydrogens is 416 g/mol. The highest BCUT2D eigenvalue weighted by Crippen LogP contribution is 2.39. The third-order valence-corrected chi connectivity index (χ3v) is 6.05. The summed E-state index contributed by atoms with van der Waals surface area (Å²) in [5, 5.41) is 0.960. The number of hydrogen-bond donors (Lipinski definition) is 0. The van der Waals surface area contributed by atoms with Crippen LogP contribution in [-0.4, -0.2) is 46.0 Å². The van der Waals surface area contributed by atoms with E-state index in [9.17, 15) is 4.79 Å². The zero-order chi connectivity index (χ0) is 22.8. The molecule has 33 heavy (non-hydrogen) atoms. The maximum Gasteiger partial charge on any atom is 0.219 e. The molecule has 1 amide bonds. The number of ether oxygens (including phenoxy) is 2. The van der Waals surface area contributed by atoms with Crippen molar-refractivity contribution in [2.24, 2.45) is 0 Å². The fourth-order valence-electron chi connectivity index (χ4n) is 4.40. The van der Waals surface area contributed by atoms with E-state index in [0.29, 0.717) is 23.9 Å². The Bertz CT molecular complexity index is 1310. The van der Waals surface area contributed by atoms with Crippen LogP contribution in [-0.2, 0) is 4.79 Å². The molecule has 0 bridgehead atoms. The predicted octanol–water partition coefficient (Wildman–Crippen LogP) is 4.83. The van der Waals surface area contributed by atoms with Crippen molar-refractivity contribution in [2.45, 2.75) is 19.3 Å². The summed E-state index contributed by atoms with van der Waals surface area (Å²) >= 11 is 0. The average Bonchev–Trinajstić information content (AvgIpc) is 3.34. The number of likely N-dealkylation sites (tertiary alicyclic amines) is 1. The molecule has 1 unspecified atom stereocenters. The smallest absolute Gasteiger partial charge is 0.219 e. The van der Waals surface area contributed by atoms with Gasteiger partial charge in [0, 0.05) is 61.4 Å². The molecule has 0 N–H and O–H groups in total. The Balaban J connectivity index is 1.55. The van der Waals surface area contributed by atoms with Crippen molar-refractivity contribution in [1.82, 2.24) is 19.9 Å². The van der Waals surface area contributed by atoms with Crippen molar-refractivity contribution in [3.63, 3.8) is 0 Å². The summed E-state index contributed by atoms with van der Waals surface area (Å²) in [7, 11) is 1.65. The number of methoxy groups -OCH3 is 1. The lowest BCUT2D eigenvalue weighted by atomic mass is 9.91. The van der Waals surface area contributed by atoms with E-state index in [2.05, 4.69) is 27.1 Å². The number of nitrogens with zero attached hydrogens (tertiary/aromatic N) is 4. The Morgan fingerprint density at radius 3 is 2.79 bits per heavy atom. The van der Waals surface area contributed by atoms with Crippen molar-refractivity contribution >= 4 is 16.8 Å². The lowest BCUT2D eigenvalue weighted by Crippen LogP contribution is -2.25. The van der Waals surface area contributed by atoms with Gasteiger partial charge in [0.25, 0.3) is 0 Å². The van der Waals surface area contributed by atoms with Crippen LogP contribution in [0.15, 0.2) is 67.3 Å². The lowest BCUT2D eigenvalue weighted by Gasteiger charge is -2.18. The Morgan fingerprint density at radius 1 is 1.12 bits per heavy atom. The number of aromatic nitrogens is 3. The van der Waals surface area contributed by atoms with E-state index < -0.39 is 0 Å². The maximum atomic E-state index is 11.9. The largest absolute Gasteiger partial charge is 0.496 e. The van der Waals surface area contributed by atoms with Gasteiger partial charge in [-0.05, 0) is 47.9 Å². The molecule has 1 fully saturated rings. The number of pyridine rings is 1. The van der Waals surface area contributed by atoms with Gasteiger partial charge in [-0.25, -0.2) is 15.0 Å². The number of rotatable bonds is 5. The molecular formula is C26H24N4O3. The zero-order valence-corrected chi connectivity index (χ0v) is 18.6. The fraction of sp³-hybridized carbons (Fsp3) is 0.231. The topological polar surface area (TPSA) is 77.4 Å². The molecule has 0 spiro atoms. The molecule has 0 radical (unpaired) electrons. The highest BCUT2D eigenvalue weighted by molar-refractivity contribution is 5.88. The fourth-order valence-corrected chi connectivity index (χ4v) is 4.40. The van der Waals surface area contributed by atoms with Crippen LogP contribution in [0.2, 0.25) is 0 Å². The van der Waals surface area contributed by atoms with Gasteiger partial charge < -0.3 is 14.4 Å². The van der Waals surface area contributed by atoms with Gasteiger partial charge in [0.05, 0.1) is 12.6 Å². The molecule has 4 aromatic rings. The molecule has 3 heterocycles. The quantitative estimate of drug-likeness (QED) is 0.442. The van der Waals surface area contributed by atoms with E-state index in [-0.39, 0.29) is 11.8 Å². The first-order valence-corrected chi connectivity index (χ1v) is 10.9. The molecule has 166 valence electrons. The molecule has 2 aromatic carbocycles. The van der Waals surface area contributed by atoms with Crippen molar-refractivity contribution in [3.8, 4) is 28.5 Å². The van der Waals surface area contributed by atoms with Gasteiger partial charge in [-0.1, -0.05) is 6.07 Å². The van der Waals surface area contributed by atoms with Crippen LogP contribution in [0, 0.1) is 0 Å². The maximum absolute atomic E-state index is 11.9. The van der Waals surface area contributed by atoms with Crippen molar-refractivity contribution in [2.75, 3.05) is 20.2 Å². The van der Waals surface area contributed by atoms with Gasteiger partial charge >= 0.3 is 0 Å². The molecule has 2 aromatic heterocycles. The van der Waals surface area contributed by atoms with E-state index in [1.807, 2.05) is 47.5 Å². The Hall–Kier alpha value is -4.00. The summed E-state index contributed by atoms with van der Waals surface area (Å²) < 4.78 is 11.6. The third kappa shape index (κ3) is 4.22. The van der Waals surface area contributed by atoms with Gasteiger partial charge in [-0.2, -0.15) is 0 Å². The molecule has 1 saturated heterocycles. The molecule has 7 nitrogen and oxygen atoms in total. The number of hydrogen-bond acceptors (Lipinski definition) is 6. The second-order valence-electron chi connectivity index (χ2n) is 8.11. The van der Waals surface area contributed by atoms with E-state index in [1.54, 1.807) is 26.6 Å². The van der Waals surface area contributed by atoms with Gasteiger partial charge in [-0.15, -0.1) is 0 Å².